The van der Waals surface area contributed by atoms with Crippen LogP contribution in [0.15, 0.2) is 24.3 Å². The molecule has 49 heavy (non-hydrogen) atoms. The zero-order valence-electron chi connectivity index (χ0n) is 30.5. The first kappa shape index (κ1) is 47.0. The quantitative estimate of drug-likeness (QED) is 0.0247. The van der Waals surface area contributed by atoms with Gasteiger partial charge in [0.25, 0.3) is 0 Å². The average Bonchev–Trinajstić information content (AvgIpc) is 3.07. The smallest absolute Gasteiger partial charge is 0.472 e. The molecule has 0 radical (unpaired) electrons. The van der Waals surface area contributed by atoms with Crippen molar-refractivity contribution in [2.75, 3.05) is 19.8 Å². The van der Waals surface area contributed by atoms with Gasteiger partial charge >= 0.3 is 25.7 Å². The first-order valence-electron chi connectivity index (χ1n) is 18.9. The number of carboxylic acids is 1. The van der Waals surface area contributed by atoms with Crippen LogP contribution < -0.4 is 5.73 Å². The Hall–Kier alpha value is -2.04. The molecule has 3 unspecified atom stereocenters. The predicted octanol–water partition coefficient (Wildman–Crippen LogP) is 9.11. The molecular formula is C37H68NO10P. The summed E-state index contributed by atoms with van der Waals surface area (Å²) in [5, 5.41) is 8.82. The first-order valence-corrected chi connectivity index (χ1v) is 20.4. The normalized spacial score (nSPS) is 14.2. The van der Waals surface area contributed by atoms with E-state index in [2.05, 4.69) is 42.7 Å². The summed E-state index contributed by atoms with van der Waals surface area (Å²) in [5.74, 6) is -2.40. The zero-order valence-corrected chi connectivity index (χ0v) is 31.4. The predicted molar refractivity (Wildman–Crippen MR) is 194 cm³/mol. The molecular weight excluding hydrogens is 649 g/mol. The zero-order chi connectivity index (χ0) is 36.4. The number of carbonyl (C=O) groups excluding carboxylic acids is 2. The van der Waals surface area contributed by atoms with Crippen LogP contribution >= 0.6 is 7.82 Å². The lowest BCUT2D eigenvalue weighted by atomic mass is 10.1. The Labute approximate surface area is 296 Å². The minimum Gasteiger partial charge on any atom is -0.480 e. The van der Waals surface area contributed by atoms with Crippen molar-refractivity contribution in [3.8, 4) is 0 Å². The highest BCUT2D eigenvalue weighted by Gasteiger charge is 2.28. The van der Waals surface area contributed by atoms with E-state index in [9.17, 15) is 23.8 Å². The SMILES string of the molecule is CCCCCCC/C=C\C/C=C\CCCCCCCCCCCC(=O)OC(COC(=O)CCCCCC)COP(=O)(O)OCC(N)C(=O)O. The summed E-state index contributed by atoms with van der Waals surface area (Å²) < 4.78 is 32.3. The Bertz CT molecular complexity index is 942. The summed E-state index contributed by atoms with van der Waals surface area (Å²) >= 11 is 0. The lowest BCUT2D eigenvalue weighted by Crippen LogP contribution is -2.34. The van der Waals surface area contributed by atoms with Crippen LogP contribution in [0.5, 0.6) is 0 Å². The van der Waals surface area contributed by atoms with Gasteiger partial charge in [-0.2, -0.15) is 0 Å². The van der Waals surface area contributed by atoms with Gasteiger partial charge in [-0.05, 0) is 44.9 Å². The fraction of sp³-hybridized carbons (Fsp3) is 0.811. The fourth-order valence-corrected chi connectivity index (χ4v) is 5.70. The standard InChI is InChI=1S/C37H68NO10P/c1-3-5-7-9-10-11-12-13-14-15-16-17-18-19-20-21-22-23-24-25-27-29-36(40)48-33(30-45-35(39)28-26-8-6-4-2)31-46-49(43,44)47-32-34(38)37(41)42/h12-13,15-16,33-34H,3-11,14,17-32,38H2,1-2H3,(H,41,42)(H,43,44)/b13-12-,16-15-. The van der Waals surface area contributed by atoms with Gasteiger partial charge in [0.05, 0.1) is 13.2 Å². The van der Waals surface area contributed by atoms with Gasteiger partial charge in [-0.25, -0.2) is 4.57 Å². The number of esters is 2. The Morgan fingerprint density at radius 1 is 0.633 bits per heavy atom. The number of hydrogen-bond donors (Lipinski definition) is 3. The van der Waals surface area contributed by atoms with Crippen LogP contribution in [-0.2, 0) is 37.5 Å². The van der Waals surface area contributed by atoms with Gasteiger partial charge in [-0.1, -0.05) is 128 Å². The third-order valence-corrected chi connectivity index (χ3v) is 8.90. The highest BCUT2D eigenvalue weighted by Crippen LogP contribution is 2.43. The Balaban J connectivity index is 4.17. The maximum Gasteiger partial charge on any atom is 0.472 e. The molecule has 0 bridgehead atoms. The van der Waals surface area contributed by atoms with Crippen LogP contribution in [0.4, 0.5) is 0 Å². The average molecular weight is 718 g/mol. The van der Waals surface area contributed by atoms with Crippen molar-refractivity contribution < 1.29 is 47.5 Å². The summed E-state index contributed by atoms with van der Waals surface area (Å²) in [6.07, 6.45) is 31.8. The number of carbonyl (C=O) groups is 3. The lowest BCUT2D eigenvalue weighted by Gasteiger charge is -2.20. The molecule has 0 aliphatic heterocycles. The van der Waals surface area contributed by atoms with Crippen LogP contribution in [0.3, 0.4) is 0 Å². The molecule has 0 aromatic heterocycles. The van der Waals surface area contributed by atoms with Crippen molar-refractivity contribution in [3.05, 3.63) is 24.3 Å². The van der Waals surface area contributed by atoms with Gasteiger partial charge in [-0.3, -0.25) is 23.4 Å². The third-order valence-electron chi connectivity index (χ3n) is 7.95. The van der Waals surface area contributed by atoms with E-state index in [-0.39, 0.29) is 19.4 Å². The van der Waals surface area contributed by atoms with Crippen molar-refractivity contribution in [1.29, 1.82) is 0 Å². The number of unbranched alkanes of at least 4 members (excludes halogenated alkanes) is 17. The highest BCUT2D eigenvalue weighted by atomic mass is 31.2. The summed E-state index contributed by atoms with van der Waals surface area (Å²) in [4.78, 5) is 45.3. The van der Waals surface area contributed by atoms with Gasteiger partial charge in [0.1, 0.15) is 12.6 Å². The minimum absolute atomic E-state index is 0.157. The Kier molecular flexibility index (Phi) is 31.7. The second-order valence-corrected chi connectivity index (χ2v) is 14.2. The van der Waals surface area contributed by atoms with E-state index in [0.717, 1.165) is 51.4 Å². The van der Waals surface area contributed by atoms with Gasteiger partial charge < -0.3 is 25.2 Å². The molecule has 0 spiro atoms. The molecule has 11 nitrogen and oxygen atoms in total. The summed E-state index contributed by atoms with van der Waals surface area (Å²) in [6, 6.07) is -1.52. The van der Waals surface area contributed by atoms with Crippen LogP contribution in [0, 0.1) is 0 Å². The van der Waals surface area contributed by atoms with Gasteiger partial charge in [0.15, 0.2) is 6.10 Å². The van der Waals surface area contributed by atoms with E-state index in [1.165, 1.54) is 70.6 Å². The number of allylic oxidation sites excluding steroid dienone is 4. The fourth-order valence-electron chi connectivity index (χ4n) is 4.92. The molecule has 0 saturated carbocycles. The number of aliphatic carboxylic acids is 1. The summed E-state index contributed by atoms with van der Waals surface area (Å²) in [5.41, 5.74) is 5.29. The molecule has 4 N–H and O–H groups in total. The largest absolute Gasteiger partial charge is 0.480 e. The number of rotatable bonds is 35. The maximum atomic E-state index is 12.5. The minimum atomic E-state index is -4.70. The molecule has 0 aliphatic carbocycles. The van der Waals surface area contributed by atoms with Crippen molar-refractivity contribution in [2.45, 2.75) is 174 Å². The Morgan fingerprint density at radius 3 is 1.61 bits per heavy atom. The molecule has 0 amide bonds. The Morgan fingerprint density at radius 2 is 1.08 bits per heavy atom. The number of phosphoric acid groups is 1. The van der Waals surface area contributed by atoms with Crippen molar-refractivity contribution in [3.63, 3.8) is 0 Å². The van der Waals surface area contributed by atoms with E-state index < -0.39 is 51.1 Å². The number of carboxylic acid groups (broad SMARTS) is 1. The van der Waals surface area contributed by atoms with Crippen LogP contribution in [-0.4, -0.2) is 59.9 Å². The summed E-state index contributed by atoms with van der Waals surface area (Å²) in [7, 11) is -4.70. The van der Waals surface area contributed by atoms with Gasteiger partial charge in [-0.15, -0.1) is 0 Å². The molecule has 0 rings (SSSR count). The number of nitrogens with two attached hydrogens (primary N) is 1. The monoisotopic (exact) mass is 717 g/mol. The molecule has 0 saturated heterocycles. The second kappa shape index (κ2) is 33.1. The molecule has 0 heterocycles. The lowest BCUT2D eigenvalue weighted by molar-refractivity contribution is -0.161. The molecule has 0 aromatic rings. The van der Waals surface area contributed by atoms with Crippen LogP contribution in [0.25, 0.3) is 0 Å². The summed E-state index contributed by atoms with van der Waals surface area (Å²) in [6.45, 7) is 2.63. The molecule has 0 fully saturated rings. The molecule has 286 valence electrons. The van der Waals surface area contributed by atoms with Crippen LogP contribution in [0.2, 0.25) is 0 Å². The highest BCUT2D eigenvalue weighted by molar-refractivity contribution is 7.47. The number of ether oxygens (including phenoxy) is 2. The molecule has 0 aromatic carbocycles. The van der Waals surface area contributed by atoms with Crippen molar-refractivity contribution in [1.82, 2.24) is 0 Å². The maximum absolute atomic E-state index is 12.5. The topological polar surface area (TPSA) is 172 Å². The number of hydrogen-bond acceptors (Lipinski definition) is 9. The van der Waals surface area contributed by atoms with Crippen molar-refractivity contribution >= 4 is 25.7 Å². The number of phosphoric ester groups is 1. The molecule has 0 aliphatic rings. The van der Waals surface area contributed by atoms with Crippen LogP contribution in [0.1, 0.15) is 162 Å². The first-order chi connectivity index (χ1) is 23.6. The van der Waals surface area contributed by atoms with Gasteiger partial charge in [0, 0.05) is 12.8 Å². The third kappa shape index (κ3) is 32.9. The second-order valence-electron chi connectivity index (χ2n) is 12.7. The van der Waals surface area contributed by atoms with E-state index in [1.54, 1.807) is 0 Å². The van der Waals surface area contributed by atoms with E-state index in [1.807, 2.05) is 0 Å². The molecule has 12 heteroatoms. The van der Waals surface area contributed by atoms with E-state index in [4.69, 9.17) is 24.8 Å². The van der Waals surface area contributed by atoms with E-state index >= 15 is 0 Å². The van der Waals surface area contributed by atoms with Gasteiger partial charge in [0.2, 0.25) is 0 Å². The van der Waals surface area contributed by atoms with E-state index in [0.29, 0.717) is 12.8 Å². The van der Waals surface area contributed by atoms with Crippen molar-refractivity contribution in [2.24, 2.45) is 5.73 Å². The molecule has 3 atom stereocenters.